The zero-order valence-electron chi connectivity index (χ0n) is 19.5. The number of nitrogens with one attached hydrogen (secondary N) is 1. The second-order valence-electron chi connectivity index (χ2n) is 9.29. The molecule has 2 aliphatic rings. The van der Waals surface area contributed by atoms with Gasteiger partial charge in [0.2, 0.25) is 5.95 Å². The topological polar surface area (TPSA) is 99.7 Å². The number of benzene rings is 1. The van der Waals surface area contributed by atoms with Gasteiger partial charge in [-0.2, -0.15) is 10.4 Å². The number of alkyl halides is 1. The first-order valence-corrected chi connectivity index (χ1v) is 12.2. The van der Waals surface area contributed by atoms with Crippen LogP contribution in [0, 0.1) is 17.2 Å². The lowest BCUT2D eigenvalue weighted by Gasteiger charge is -2.21. The molecule has 8 nitrogen and oxygen atoms in total. The van der Waals surface area contributed by atoms with Crippen LogP contribution in [0.4, 0.5) is 16.0 Å². The molecule has 0 spiro atoms. The van der Waals surface area contributed by atoms with Crippen LogP contribution in [0.5, 0.6) is 0 Å². The average Bonchev–Trinajstić information content (AvgIpc) is 3.65. The first kappa shape index (κ1) is 23.0. The summed E-state index contributed by atoms with van der Waals surface area (Å²) in [6, 6.07) is 11.3. The van der Waals surface area contributed by atoms with Crippen LogP contribution in [-0.4, -0.2) is 49.8 Å². The molecule has 2 atom stereocenters. The number of carbonyl (C=O) groups is 1. The highest BCUT2D eigenvalue weighted by molar-refractivity contribution is 5.94. The zero-order valence-corrected chi connectivity index (χ0v) is 19.5. The Morgan fingerprint density at radius 3 is 2.71 bits per heavy atom. The third kappa shape index (κ3) is 5.16. The van der Waals surface area contributed by atoms with Crippen LogP contribution in [0.1, 0.15) is 54.9 Å². The van der Waals surface area contributed by atoms with Gasteiger partial charge in [-0.25, -0.2) is 14.4 Å². The van der Waals surface area contributed by atoms with Crippen molar-refractivity contribution < 1.29 is 9.18 Å². The normalized spacial score (nSPS) is 19.0. The van der Waals surface area contributed by atoms with Gasteiger partial charge in [-0.15, -0.1) is 0 Å². The summed E-state index contributed by atoms with van der Waals surface area (Å²) in [6.45, 7) is 0.614. The molecule has 3 aromatic rings. The van der Waals surface area contributed by atoms with Crippen molar-refractivity contribution in [2.45, 2.75) is 50.7 Å². The largest absolute Gasteiger partial charge is 0.336 e. The van der Waals surface area contributed by atoms with Gasteiger partial charge in [-0.05, 0) is 55.5 Å². The summed E-state index contributed by atoms with van der Waals surface area (Å²) in [4.78, 5) is 23.0. The molecule has 1 saturated heterocycles. The number of nitrogens with zero attached hydrogens (tertiary/aromatic N) is 6. The van der Waals surface area contributed by atoms with Gasteiger partial charge in [-0.3, -0.25) is 9.48 Å². The molecule has 1 aromatic carbocycles. The third-order valence-corrected chi connectivity index (χ3v) is 6.94. The van der Waals surface area contributed by atoms with Crippen molar-refractivity contribution in [3.63, 3.8) is 0 Å². The van der Waals surface area contributed by atoms with Crippen LogP contribution in [0.2, 0.25) is 0 Å². The van der Waals surface area contributed by atoms with E-state index < -0.39 is 6.17 Å². The SMILES string of the molecule is N#CCC(C1CCCC1)n1cc(-c2ccnc(Nc3ccc(C(=O)N4CCC(F)C4)cc3)n2)cn1. The first-order valence-electron chi connectivity index (χ1n) is 12.2. The summed E-state index contributed by atoms with van der Waals surface area (Å²) < 4.78 is 15.3. The maximum atomic E-state index is 13.4. The number of aromatic nitrogens is 4. The number of hydrogen-bond donors (Lipinski definition) is 1. The van der Waals surface area contributed by atoms with Crippen molar-refractivity contribution in [3.8, 4) is 17.3 Å². The van der Waals surface area contributed by atoms with Crippen molar-refractivity contribution in [1.29, 1.82) is 5.26 Å². The molecule has 2 fully saturated rings. The van der Waals surface area contributed by atoms with E-state index in [0.29, 0.717) is 36.8 Å². The van der Waals surface area contributed by atoms with Crippen molar-refractivity contribution in [2.75, 3.05) is 18.4 Å². The number of hydrogen-bond acceptors (Lipinski definition) is 6. The fourth-order valence-corrected chi connectivity index (χ4v) is 5.05. The Bertz CT molecular complexity index is 1210. The average molecular weight is 474 g/mol. The molecule has 1 aliphatic carbocycles. The van der Waals surface area contributed by atoms with Crippen molar-refractivity contribution in [3.05, 3.63) is 54.5 Å². The molecule has 5 rings (SSSR count). The Balaban J connectivity index is 1.27. The summed E-state index contributed by atoms with van der Waals surface area (Å²) in [7, 11) is 0. The summed E-state index contributed by atoms with van der Waals surface area (Å²) in [5.74, 6) is 0.765. The van der Waals surface area contributed by atoms with Crippen molar-refractivity contribution >= 4 is 17.5 Å². The zero-order chi connectivity index (χ0) is 24.2. The minimum atomic E-state index is -0.934. The highest BCUT2D eigenvalue weighted by Crippen LogP contribution is 2.36. The molecular weight excluding hydrogens is 445 g/mol. The fraction of sp³-hybridized carbons (Fsp3) is 0.423. The Labute approximate surface area is 203 Å². The lowest BCUT2D eigenvalue weighted by molar-refractivity contribution is 0.0783. The van der Waals surface area contributed by atoms with Gasteiger partial charge in [0.05, 0.1) is 37.0 Å². The molecule has 2 aromatic heterocycles. The molecule has 2 unspecified atom stereocenters. The van der Waals surface area contributed by atoms with E-state index in [1.807, 2.05) is 16.9 Å². The van der Waals surface area contributed by atoms with E-state index in [0.717, 1.165) is 29.8 Å². The summed E-state index contributed by atoms with van der Waals surface area (Å²) in [5, 5.41) is 17.0. The van der Waals surface area contributed by atoms with Gasteiger partial charge in [-0.1, -0.05) is 12.8 Å². The predicted molar refractivity (Wildman–Crippen MR) is 130 cm³/mol. The molecule has 1 aliphatic heterocycles. The van der Waals surface area contributed by atoms with Crippen LogP contribution >= 0.6 is 0 Å². The molecule has 1 saturated carbocycles. The van der Waals surface area contributed by atoms with Crippen molar-refractivity contribution in [2.24, 2.45) is 5.92 Å². The van der Waals surface area contributed by atoms with E-state index >= 15 is 0 Å². The number of nitriles is 1. The predicted octanol–water partition coefficient (Wildman–Crippen LogP) is 4.91. The third-order valence-electron chi connectivity index (χ3n) is 6.94. The van der Waals surface area contributed by atoms with Crippen LogP contribution < -0.4 is 5.32 Å². The van der Waals surface area contributed by atoms with Gasteiger partial charge < -0.3 is 10.2 Å². The molecule has 9 heteroatoms. The van der Waals surface area contributed by atoms with Gasteiger partial charge in [0.15, 0.2) is 0 Å². The van der Waals surface area contributed by atoms with Crippen LogP contribution in [-0.2, 0) is 0 Å². The highest BCUT2D eigenvalue weighted by atomic mass is 19.1. The Morgan fingerprint density at radius 2 is 2.00 bits per heavy atom. The van der Waals surface area contributed by atoms with Crippen LogP contribution in [0.3, 0.4) is 0 Å². The molecule has 3 heterocycles. The summed E-state index contributed by atoms with van der Waals surface area (Å²) in [5.41, 5.74) is 2.88. The molecule has 0 radical (unpaired) electrons. The molecule has 180 valence electrons. The smallest absolute Gasteiger partial charge is 0.253 e. The Morgan fingerprint density at radius 1 is 1.20 bits per heavy atom. The van der Waals surface area contributed by atoms with E-state index in [9.17, 15) is 14.4 Å². The summed E-state index contributed by atoms with van der Waals surface area (Å²) >= 11 is 0. The lowest BCUT2D eigenvalue weighted by Crippen LogP contribution is -2.28. The van der Waals surface area contributed by atoms with Crippen LogP contribution in [0.25, 0.3) is 11.3 Å². The number of likely N-dealkylation sites (tertiary alicyclic amines) is 1. The first-order chi connectivity index (χ1) is 17.1. The fourth-order valence-electron chi connectivity index (χ4n) is 5.05. The van der Waals surface area contributed by atoms with E-state index in [1.54, 1.807) is 41.6 Å². The Kier molecular flexibility index (Phi) is 6.70. The van der Waals surface area contributed by atoms with E-state index in [2.05, 4.69) is 26.5 Å². The second-order valence-corrected chi connectivity index (χ2v) is 9.29. The van der Waals surface area contributed by atoms with Crippen LogP contribution in [0.15, 0.2) is 48.9 Å². The minimum absolute atomic E-state index is 0.0910. The molecule has 1 N–H and O–H groups in total. The standard InChI is InChI=1S/C26H28FN7O/c27-21-11-14-33(17-21)25(35)19-5-7-22(8-6-19)31-26-29-13-10-23(32-26)20-15-30-34(16-20)24(9-12-28)18-3-1-2-4-18/h5-8,10,13,15-16,18,21,24H,1-4,9,11,14,17H2,(H,29,31,32). The van der Waals surface area contributed by atoms with Crippen molar-refractivity contribution in [1.82, 2.24) is 24.6 Å². The van der Waals surface area contributed by atoms with Gasteiger partial charge in [0.25, 0.3) is 5.91 Å². The lowest BCUT2D eigenvalue weighted by atomic mass is 9.96. The van der Waals surface area contributed by atoms with E-state index in [1.165, 1.54) is 12.8 Å². The number of carbonyl (C=O) groups excluding carboxylic acids is 1. The minimum Gasteiger partial charge on any atom is -0.336 e. The Hall–Kier alpha value is -3.80. The number of rotatable bonds is 7. The second kappa shape index (κ2) is 10.2. The molecular formula is C26H28FN7O. The number of anilines is 2. The molecule has 35 heavy (non-hydrogen) atoms. The number of amides is 1. The number of halogens is 1. The molecule has 0 bridgehead atoms. The monoisotopic (exact) mass is 473 g/mol. The van der Waals surface area contributed by atoms with Gasteiger partial charge >= 0.3 is 0 Å². The highest BCUT2D eigenvalue weighted by Gasteiger charge is 2.28. The maximum absolute atomic E-state index is 13.4. The van der Waals surface area contributed by atoms with E-state index in [-0.39, 0.29) is 18.5 Å². The molecule has 1 amide bonds. The van der Waals surface area contributed by atoms with Gasteiger partial charge in [0.1, 0.15) is 6.17 Å². The quantitative estimate of drug-likeness (QED) is 0.523. The van der Waals surface area contributed by atoms with E-state index in [4.69, 9.17) is 0 Å². The maximum Gasteiger partial charge on any atom is 0.253 e. The van der Waals surface area contributed by atoms with Gasteiger partial charge in [0, 0.05) is 35.8 Å². The summed E-state index contributed by atoms with van der Waals surface area (Å²) in [6.07, 6.45) is 10.1.